The van der Waals surface area contributed by atoms with Gasteiger partial charge in [-0.3, -0.25) is 4.79 Å². The van der Waals surface area contributed by atoms with E-state index in [2.05, 4.69) is 9.97 Å². The zero-order valence-corrected chi connectivity index (χ0v) is 8.38. The van der Waals surface area contributed by atoms with Crippen LogP contribution in [0.4, 0.5) is 0 Å². The van der Waals surface area contributed by atoms with Crippen molar-refractivity contribution in [3.63, 3.8) is 0 Å². The van der Waals surface area contributed by atoms with Crippen LogP contribution in [0.15, 0.2) is 41.3 Å². The van der Waals surface area contributed by atoms with Crippen molar-refractivity contribution < 1.29 is 9.84 Å². The standard InChI is InChI=1S/C11H10N2O3/c14-9-6-12-10(13-11(9)15)7-16-8-4-2-1-3-5-8/h1-6,14H,7H2,(H,12,13,15). The largest absolute Gasteiger partial charge is 0.502 e. The predicted octanol–water partition coefficient (Wildman–Crippen LogP) is 1.05. The van der Waals surface area contributed by atoms with Gasteiger partial charge in [0.05, 0.1) is 6.20 Å². The van der Waals surface area contributed by atoms with Crippen LogP contribution in [0.25, 0.3) is 0 Å². The monoisotopic (exact) mass is 218 g/mol. The van der Waals surface area contributed by atoms with Gasteiger partial charge in [-0.25, -0.2) is 4.98 Å². The van der Waals surface area contributed by atoms with Gasteiger partial charge in [-0.1, -0.05) is 18.2 Å². The Labute approximate surface area is 91.4 Å². The van der Waals surface area contributed by atoms with Crippen molar-refractivity contribution in [3.05, 3.63) is 52.7 Å². The molecule has 0 atom stereocenters. The van der Waals surface area contributed by atoms with Gasteiger partial charge in [0.15, 0.2) is 5.75 Å². The maximum absolute atomic E-state index is 11.1. The quantitative estimate of drug-likeness (QED) is 0.807. The normalized spacial score (nSPS) is 10.0. The first-order chi connectivity index (χ1) is 7.75. The van der Waals surface area contributed by atoms with Crippen molar-refractivity contribution in [2.75, 3.05) is 0 Å². The fourth-order valence-electron chi connectivity index (χ4n) is 1.17. The Balaban J connectivity index is 2.05. The molecule has 16 heavy (non-hydrogen) atoms. The van der Waals surface area contributed by atoms with Crippen LogP contribution in [0.1, 0.15) is 5.82 Å². The Morgan fingerprint density at radius 3 is 2.75 bits per heavy atom. The highest BCUT2D eigenvalue weighted by molar-refractivity contribution is 5.21. The van der Waals surface area contributed by atoms with Crippen molar-refractivity contribution >= 4 is 0 Å². The number of para-hydroxylation sites is 1. The molecule has 0 radical (unpaired) electrons. The zero-order valence-electron chi connectivity index (χ0n) is 8.38. The third-order valence-corrected chi connectivity index (χ3v) is 1.95. The molecule has 2 aromatic rings. The molecule has 1 aromatic heterocycles. The molecular weight excluding hydrogens is 208 g/mol. The molecule has 0 bridgehead atoms. The Morgan fingerprint density at radius 2 is 2.06 bits per heavy atom. The lowest BCUT2D eigenvalue weighted by Crippen LogP contribution is -2.12. The number of nitrogens with zero attached hydrogens (tertiary/aromatic N) is 1. The first-order valence-corrected chi connectivity index (χ1v) is 4.71. The molecule has 0 saturated heterocycles. The number of aromatic hydroxyl groups is 1. The molecule has 5 nitrogen and oxygen atoms in total. The number of aromatic amines is 1. The molecule has 0 spiro atoms. The van der Waals surface area contributed by atoms with Crippen LogP contribution in [-0.4, -0.2) is 15.1 Å². The number of aromatic nitrogens is 2. The maximum Gasteiger partial charge on any atom is 0.293 e. The Kier molecular flexibility index (Phi) is 2.86. The van der Waals surface area contributed by atoms with Gasteiger partial charge in [-0.15, -0.1) is 0 Å². The highest BCUT2D eigenvalue weighted by Crippen LogP contribution is 2.09. The van der Waals surface area contributed by atoms with Crippen LogP contribution in [0.2, 0.25) is 0 Å². The summed E-state index contributed by atoms with van der Waals surface area (Å²) in [5.41, 5.74) is -0.568. The summed E-state index contributed by atoms with van der Waals surface area (Å²) in [6.45, 7) is 0.152. The molecule has 82 valence electrons. The Morgan fingerprint density at radius 1 is 1.31 bits per heavy atom. The van der Waals surface area contributed by atoms with Gasteiger partial charge in [0.2, 0.25) is 0 Å². The van der Waals surface area contributed by atoms with Crippen LogP contribution >= 0.6 is 0 Å². The second-order valence-corrected chi connectivity index (χ2v) is 3.15. The maximum atomic E-state index is 11.1. The van der Waals surface area contributed by atoms with Crippen LogP contribution < -0.4 is 10.3 Å². The van der Waals surface area contributed by atoms with E-state index in [-0.39, 0.29) is 6.61 Å². The van der Waals surface area contributed by atoms with E-state index in [0.29, 0.717) is 11.6 Å². The fraction of sp³-hybridized carbons (Fsp3) is 0.0909. The summed E-state index contributed by atoms with van der Waals surface area (Å²) in [6.07, 6.45) is 1.10. The molecule has 0 aliphatic heterocycles. The van der Waals surface area contributed by atoms with E-state index < -0.39 is 11.3 Å². The molecule has 0 amide bonds. The lowest BCUT2D eigenvalue weighted by molar-refractivity contribution is 0.294. The van der Waals surface area contributed by atoms with Gasteiger partial charge in [0, 0.05) is 0 Å². The average molecular weight is 218 g/mol. The third-order valence-electron chi connectivity index (χ3n) is 1.95. The number of H-pyrrole nitrogens is 1. The highest BCUT2D eigenvalue weighted by atomic mass is 16.5. The number of hydrogen-bond donors (Lipinski definition) is 2. The van der Waals surface area contributed by atoms with Crippen molar-refractivity contribution in [2.24, 2.45) is 0 Å². The zero-order chi connectivity index (χ0) is 11.4. The van der Waals surface area contributed by atoms with Gasteiger partial charge in [-0.05, 0) is 12.1 Å². The molecule has 2 N–H and O–H groups in total. The van der Waals surface area contributed by atoms with Crippen LogP contribution in [-0.2, 0) is 6.61 Å². The molecular formula is C11H10N2O3. The first kappa shape index (κ1) is 10.2. The summed E-state index contributed by atoms with van der Waals surface area (Å²) in [6, 6.07) is 9.19. The molecule has 0 unspecified atom stereocenters. The van der Waals surface area contributed by atoms with E-state index in [1.165, 1.54) is 0 Å². The van der Waals surface area contributed by atoms with E-state index in [9.17, 15) is 4.79 Å². The van der Waals surface area contributed by atoms with Crippen LogP contribution in [0.3, 0.4) is 0 Å². The molecule has 5 heteroatoms. The summed E-state index contributed by atoms with van der Waals surface area (Å²) < 4.78 is 5.37. The summed E-state index contributed by atoms with van der Waals surface area (Å²) in [4.78, 5) is 17.3. The molecule has 2 rings (SSSR count). The molecule has 1 aromatic carbocycles. The molecule has 0 fully saturated rings. The molecule has 1 heterocycles. The first-order valence-electron chi connectivity index (χ1n) is 4.71. The number of nitrogens with one attached hydrogen (secondary N) is 1. The smallest absolute Gasteiger partial charge is 0.293 e. The average Bonchev–Trinajstić information content (AvgIpc) is 2.32. The third kappa shape index (κ3) is 2.38. The van der Waals surface area contributed by atoms with Crippen molar-refractivity contribution in [3.8, 4) is 11.5 Å². The second kappa shape index (κ2) is 4.48. The van der Waals surface area contributed by atoms with E-state index in [0.717, 1.165) is 6.20 Å². The van der Waals surface area contributed by atoms with Gasteiger partial charge in [0.1, 0.15) is 18.2 Å². The minimum absolute atomic E-state index is 0.152. The summed E-state index contributed by atoms with van der Waals surface area (Å²) >= 11 is 0. The van der Waals surface area contributed by atoms with Crippen LogP contribution in [0.5, 0.6) is 11.5 Å². The molecule has 0 aliphatic rings. The minimum Gasteiger partial charge on any atom is -0.502 e. The Hall–Kier alpha value is -2.30. The topological polar surface area (TPSA) is 75.2 Å². The fourth-order valence-corrected chi connectivity index (χ4v) is 1.17. The number of ether oxygens (including phenoxy) is 1. The number of rotatable bonds is 3. The Bertz CT molecular complexity index is 522. The lowest BCUT2D eigenvalue weighted by atomic mass is 10.3. The van der Waals surface area contributed by atoms with Gasteiger partial charge < -0.3 is 14.8 Å². The molecule has 0 saturated carbocycles. The van der Waals surface area contributed by atoms with Gasteiger partial charge in [-0.2, -0.15) is 0 Å². The number of benzene rings is 1. The van der Waals surface area contributed by atoms with Gasteiger partial charge in [0.25, 0.3) is 5.56 Å². The van der Waals surface area contributed by atoms with E-state index in [1.807, 2.05) is 18.2 Å². The summed E-state index contributed by atoms with van der Waals surface area (Å²) in [5.74, 6) is 0.660. The van der Waals surface area contributed by atoms with Crippen molar-refractivity contribution in [2.45, 2.75) is 6.61 Å². The second-order valence-electron chi connectivity index (χ2n) is 3.15. The van der Waals surface area contributed by atoms with E-state index >= 15 is 0 Å². The van der Waals surface area contributed by atoms with E-state index in [4.69, 9.17) is 9.84 Å². The van der Waals surface area contributed by atoms with Crippen LogP contribution in [0, 0.1) is 0 Å². The summed E-state index contributed by atoms with van der Waals surface area (Å²) in [5, 5.41) is 8.98. The van der Waals surface area contributed by atoms with E-state index in [1.54, 1.807) is 12.1 Å². The highest BCUT2D eigenvalue weighted by Gasteiger charge is 2.00. The predicted molar refractivity (Wildman–Crippen MR) is 57.3 cm³/mol. The van der Waals surface area contributed by atoms with Crippen molar-refractivity contribution in [1.82, 2.24) is 9.97 Å². The lowest BCUT2D eigenvalue weighted by Gasteiger charge is -2.04. The SMILES string of the molecule is O=c1[nH]c(COc2ccccc2)ncc1O. The van der Waals surface area contributed by atoms with Crippen molar-refractivity contribution in [1.29, 1.82) is 0 Å². The van der Waals surface area contributed by atoms with Gasteiger partial charge >= 0.3 is 0 Å². The number of hydrogen-bond acceptors (Lipinski definition) is 4. The summed E-state index contributed by atoms with van der Waals surface area (Å²) in [7, 11) is 0. The molecule has 0 aliphatic carbocycles. The minimum atomic E-state index is -0.568.